The second kappa shape index (κ2) is 6.55. The summed E-state index contributed by atoms with van der Waals surface area (Å²) in [7, 11) is 0. The molecule has 6 heteroatoms. The Labute approximate surface area is 145 Å². The monoisotopic (exact) mass is 346 g/mol. The Balaban J connectivity index is 1.31. The lowest BCUT2D eigenvalue weighted by Gasteiger charge is -2.20. The maximum Gasteiger partial charge on any atom is 0.306 e. The molecule has 2 bridgehead atoms. The summed E-state index contributed by atoms with van der Waals surface area (Å²) >= 11 is 5.96. The van der Waals surface area contributed by atoms with Gasteiger partial charge < -0.3 is 9.26 Å². The molecule has 0 unspecified atom stereocenters. The number of carbonyl (C=O) groups is 1. The molecule has 2 fully saturated rings. The van der Waals surface area contributed by atoms with E-state index in [0.29, 0.717) is 29.1 Å². The number of aromatic nitrogens is 2. The van der Waals surface area contributed by atoms with Crippen molar-refractivity contribution < 1.29 is 14.1 Å². The third-order valence-electron chi connectivity index (χ3n) is 5.22. The number of ether oxygens (including phenoxy) is 1. The van der Waals surface area contributed by atoms with Crippen molar-refractivity contribution in [1.29, 1.82) is 0 Å². The van der Waals surface area contributed by atoms with Gasteiger partial charge >= 0.3 is 5.97 Å². The highest BCUT2D eigenvalue weighted by Crippen LogP contribution is 2.49. The second-order valence-electron chi connectivity index (χ2n) is 6.82. The molecule has 2 saturated carbocycles. The van der Waals surface area contributed by atoms with Crippen LogP contribution in [0.5, 0.6) is 0 Å². The van der Waals surface area contributed by atoms with Crippen LogP contribution < -0.4 is 0 Å². The van der Waals surface area contributed by atoms with Crippen molar-refractivity contribution in [3.63, 3.8) is 0 Å². The molecular weight excluding hydrogens is 328 g/mol. The standard InChI is InChI=1S/C18H19ClN2O3/c19-15-3-1-2-13(8-15)18-20-16(24-21-18)10-23-17(22)9-14-7-11-4-5-12(14)6-11/h1-3,8,11-12,14H,4-7,9-10H2/t11-,12+,14-/m0/s1. The summed E-state index contributed by atoms with van der Waals surface area (Å²) in [6, 6.07) is 7.21. The summed E-state index contributed by atoms with van der Waals surface area (Å²) in [4.78, 5) is 16.3. The fourth-order valence-electron chi connectivity index (χ4n) is 4.10. The van der Waals surface area contributed by atoms with Crippen LogP contribution in [0.3, 0.4) is 0 Å². The third kappa shape index (κ3) is 3.31. The van der Waals surface area contributed by atoms with E-state index in [0.717, 1.165) is 17.4 Å². The second-order valence-corrected chi connectivity index (χ2v) is 7.26. The average Bonchev–Trinajstić information content (AvgIpc) is 3.29. The van der Waals surface area contributed by atoms with Crippen molar-refractivity contribution in [3.05, 3.63) is 35.2 Å². The van der Waals surface area contributed by atoms with Crippen LogP contribution in [-0.2, 0) is 16.1 Å². The number of esters is 1. The molecule has 2 aliphatic carbocycles. The van der Waals surface area contributed by atoms with Gasteiger partial charge in [0.1, 0.15) is 0 Å². The molecule has 1 heterocycles. The van der Waals surface area contributed by atoms with Gasteiger partial charge in [0.25, 0.3) is 5.89 Å². The van der Waals surface area contributed by atoms with E-state index in [-0.39, 0.29) is 12.6 Å². The molecule has 3 atom stereocenters. The number of hydrogen-bond acceptors (Lipinski definition) is 5. The minimum atomic E-state index is -0.171. The smallest absolute Gasteiger partial charge is 0.306 e. The quantitative estimate of drug-likeness (QED) is 0.757. The van der Waals surface area contributed by atoms with Crippen LogP contribution in [0.2, 0.25) is 5.02 Å². The molecule has 1 aromatic carbocycles. The lowest BCUT2D eigenvalue weighted by molar-refractivity contribution is -0.147. The van der Waals surface area contributed by atoms with E-state index in [9.17, 15) is 4.79 Å². The highest BCUT2D eigenvalue weighted by molar-refractivity contribution is 6.30. The van der Waals surface area contributed by atoms with E-state index in [1.807, 2.05) is 12.1 Å². The molecule has 0 amide bonds. The van der Waals surface area contributed by atoms with E-state index < -0.39 is 0 Å². The lowest BCUT2D eigenvalue weighted by atomic mass is 9.86. The van der Waals surface area contributed by atoms with Crippen molar-refractivity contribution in [1.82, 2.24) is 10.1 Å². The van der Waals surface area contributed by atoms with Crippen molar-refractivity contribution in [2.24, 2.45) is 17.8 Å². The van der Waals surface area contributed by atoms with Gasteiger partial charge in [-0.3, -0.25) is 4.79 Å². The average molecular weight is 347 g/mol. The molecule has 4 rings (SSSR count). The van der Waals surface area contributed by atoms with Crippen LogP contribution in [0.15, 0.2) is 28.8 Å². The van der Waals surface area contributed by atoms with Gasteiger partial charge in [0, 0.05) is 17.0 Å². The van der Waals surface area contributed by atoms with Crippen molar-refractivity contribution >= 4 is 17.6 Å². The largest absolute Gasteiger partial charge is 0.456 e. The first-order valence-corrected chi connectivity index (χ1v) is 8.79. The normalized spacial score (nSPS) is 25.1. The minimum Gasteiger partial charge on any atom is -0.456 e. The summed E-state index contributed by atoms with van der Waals surface area (Å²) in [6.45, 7) is 0.0210. The van der Waals surface area contributed by atoms with Gasteiger partial charge in [0.2, 0.25) is 5.82 Å². The fraction of sp³-hybridized carbons (Fsp3) is 0.500. The van der Waals surface area contributed by atoms with Crippen LogP contribution in [-0.4, -0.2) is 16.1 Å². The number of nitrogens with zero attached hydrogens (tertiary/aromatic N) is 2. The van der Waals surface area contributed by atoms with E-state index in [4.69, 9.17) is 20.9 Å². The topological polar surface area (TPSA) is 65.2 Å². The molecule has 126 valence electrons. The Bertz CT molecular complexity index is 745. The molecule has 5 nitrogen and oxygen atoms in total. The Morgan fingerprint density at radius 3 is 3.00 bits per heavy atom. The van der Waals surface area contributed by atoms with E-state index >= 15 is 0 Å². The van der Waals surface area contributed by atoms with Crippen LogP contribution in [0.25, 0.3) is 11.4 Å². The molecular formula is C18H19ClN2O3. The Morgan fingerprint density at radius 2 is 2.25 bits per heavy atom. The highest BCUT2D eigenvalue weighted by atomic mass is 35.5. The molecule has 0 N–H and O–H groups in total. The Kier molecular flexibility index (Phi) is 4.27. The van der Waals surface area contributed by atoms with Crippen molar-refractivity contribution in [3.8, 4) is 11.4 Å². The molecule has 24 heavy (non-hydrogen) atoms. The maximum absolute atomic E-state index is 12.0. The zero-order chi connectivity index (χ0) is 16.5. The predicted molar refractivity (Wildman–Crippen MR) is 88.1 cm³/mol. The van der Waals surface area contributed by atoms with E-state index in [1.165, 1.54) is 25.7 Å². The lowest BCUT2D eigenvalue weighted by Crippen LogP contribution is -2.17. The highest BCUT2D eigenvalue weighted by Gasteiger charge is 2.40. The first-order valence-electron chi connectivity index (χ1n) is 8.41. The Morgan fingerprint density at radius 1 is 1.33 bits per heavy atom. The zero-order valence-electron chi connectivity index (χ0n) is 13.3. The number of halogens is 1. The summed E-state index contributed by atoms with van der Waals surface area (Å²) < 4.78 is 10.5. The van der Waals surface area contributed by atoms with E-state index in [1.54, 1.807) is 12.1 Å². The molecule has 1 aromatic heterocycles. The van der Waals surface area contributed by atoms with E-state index in [2.05, 4.69) is 10.1 Å². The molecule has 0 radical (unpaired) electrons. The van der Waals surface area contributed by atoms with Crippen LogP contribution in [0.4, 0.5) is 0 Å². The van der Waals surface area contributed by atoms with Crippen LogP contribution in [0, 0.1) is 17.8 Å². The number of carbonyl (C=O) groups excluding carboxylic acids is 1. The zero-order valence-corrected chi connectivity index (χ0v) is 14.0. The SMILES string of the molecule is O=C(C[C@@H]1C[C@H]2CC[C@@H]1C2)OCc1nc(-c2cccc(Cl)c2)no1. The maximum atomic E-state index is 12.0. The van der Waals surface area contributed by atoms with Crippen LogP contribution in [0.1, 0.15) is 38.0 Å². The first kappa shape index (κ1) is 15.6. The summed E-state index contributed by atoms with van der Waals surface area (Å²) in [5.41, 5.74) is 0.769. The van der Waals surface area contributed by atoms with Gasteiger partial charge in [-0.25, -0.2) is 0 Å². The van der Waals surface area contributed by atoms with Gasteiger partial charge in [-0.05, 0) is 49.1 Å². The Hall–Kier alpha value is -1.88. The summed E-state index contributed by atoms with van der Waals surface area (Å²) in [6.07, 6.45) is 5.60. The molecule has 0 spiro atoms. The van der Waals surface area contributed by atoms with Crippen LogP contribution >= 0.6 is 11.6 Å². The molecule has 0 aliphatic heterocycles. The van der Waals surface area contributed by atoms with Crippen molar-refractivity contribution in [2.45, 2.75) is 38.7 Å². The predicted octanol–water partition coefficient (Wildman–Crippen LogP) is 4.26. The number of benzene rings is 1. The summed E-state index contributed by atoms with van der Waals surface area (Å²) in [5.74, 6) is 2.63. The first-order chi connectivity index (χ1) is 11.7. The fourth-order valence-corrected chi connectivity index (χ4v) is 4.29. The molecule has 2 aromatic rings. The number of fused-ring (bicyclic) bond motifs is 2. The molecule has 0 saturated heterocycles. The van der Waals surface area contributed by atoms with Gasteiger partial charge in [-0.2, -0.15) is 4.98 Å². The van der Waals surface area contributed by atoms with Gasteiger partial charge in [0.05, 0.1) is 0 Å². The number of rotatable bonds is 5. The third-order valence-corrected chi connectivity index (χ3v) is 5.46. The van der Waals surface area contributed by atoms with Gasteiger partial charge in [-0.1, -0.05) is 35.3 Å². The van der Waals surface area contributed by atoms with Gasteiger partial charge in [-0.15, -0.1) is 0 Å². The summed E-state index contributed by atoms with van der Waals surface area (Å²) in [5, 5.41) is 4.51. The number of hydrogen-bond donors (Lipinski definition) is 0. The molecule has 2 aliphatic rings. The van der Waals surface area contributed by atoms with Crippen molar-refractivity contribution in [2.75, 3.05) is 0 Å². The van der Waals surface area contributed by atoms with Gasteiger partial charge in [0.15, 0.2) is 6.61 Å². The minimum absolute atomic E-state index is 0.0210.